The zero-order chi connectivity index (χ0) is 24.7. The van der Waals surface area contributed by atoms with Gasteiger partial charge in [-0.05, 0) is 68.4 Å². The van der Waals surface area contributed by atoms with Crippen LogP contribution >= 0.6 is 0 Å². The number of anilines is 1. The van der Waals surface area contributed by atoms with Gasteiger partial charge in [0.2, 0.25) is 0 Å². The van der Waals surface area contributed by atoms with E-state index in [1.165, 1.54) is 17.2 Å². The summed E-state index contributed by atoms with van der Waals surface area (Å²) in [6, 6.07) is 14.0. The van der Waals surface area contributed by atoms with Gasteiger partial charge in [0, 0.05) is 18.5 Å². The van der Waals surface area contributed by atoms with E-state index >= 15 is 0 Å². The Labute approximate surface area is 201 Å². The molecule has 0 amide bonds. The zero-order valence-corrected chi connectivity index (χ0v) is 19.6. The number of hydrogen-bond donors (Lipinski definition) is 0. The number of hydrogen-bond acceptors (Lipinski definition) is 3. The molecule has 1 atom stereocenters. The van der Waals surface area contributed by atoms with Gasteiger partial charge < -0.3 is 4.90 Å². The largest absolute Gasteiger partial charge is 0.416 e. The first-order valence-corrected chi connectivity index (χ1v) is 11.7. The van der Waals surface area contributed by atoms with Gasteiger partial charge >= 0.3 is 6.18 Å². The molecule has 8 heteroatoms. The van der Waals surface area contributed by atoms with E-state index in [4.69, 9.17) is 0 Å². The molecule has 1 aliphatic heterocycles. The number of nitrogens with zero attached hydrogens (tertiary/aromatic N) is 4. The van der Waals surface area contributed by atoms with E-state index in [2.05, 4.69) is 39.2 Å². The Balaban J connectivity index is 1.47. The minimum Gasteiger partial charge on any atom is -0.356 e. The van der Waals surface area contributed by atoms with Crippen LogP contribution in [0.2, 0.25) is 0 Å². The lowest BCUT2D eigenvalue weighted by atomic mass is 9.91. The molecule has 5 rings (SSSR count). The predicted molar refractivity (Wildman–Crippen MR) is 128 cm³/mol. The van der Waals surface area contributed by atoms with E-state index in [1.54, 1.807) is 13.1 Å². The molecule has 182 valence electrons. The summed E-state index contributed by atoms with van der Waals surface area (Å²) in [5.74, 6) is 0.583. The summed E-state index contributed by atoms with van der Waals surface area (Å²) < 4.78 is 56.3. The number of alkyl halides is 3. The molecule has 1 fully saturated rings. The van der Waals surface area contributed by atoms with E-state index in [-0.39, 0.29) is 11.3 Å². The van der Waals surface area contributed by atoms with E-state index in [0.29, 0.717) is 17.1 Å². The van der Waals surface area contributed by atoms with Crippen molar-refractivity contribution in [1.82, 2.24) is 14.8 Å². The lowest BCUT2D eigenvalue weighted by Gasteiger charge is -2.33. The van der Waals surface area contributed by atoms with Gasteiger partial charge in [-0.1, -0.05) is 30.3 Å². The minimum atomic E-state index is -4.58. The Bertz CT molecular complexity index is 1360. The molecule has 0 saturated carbocycles. The molecule has 0 radical (unpaired) electrons. The summed E-state index contributed by atoms with van der Waals surface area (Å²) in [4.78, 5) is 6.87. The summed E-state index contributed by atoms with van der Waals surface area (Å²) in [5, 5.41) is 5.14. The number of benzene rings is 2. The Kier molecular flexibility index (Phi) is 5.99. The van der Waals surface area contributed by atoms with Crippen LogP contribution in [-0.4, -0.2) is 27.9 Å². The Hall–Kier alpha value is -3.42. The smallest absolute Gasteiger partial charge is 0.356 e. The van der Waals surface area contributed by atoms with Gasteiger partial charge in [0.05, 0.1) is 23.0 Å². The summed E-state index contributed by atoms with van der Waals surface area (Å²) in [6.45, 7) is 4.86. The van der Waals surface area contributed by atoms with Crippen LogP contribution in [0.4, 0.5) is 23.4 Å². The van der Waals surface area contributed by atoms with Gasteiger partial charge in [-0.25, -0.2) is 14.1 Å². The van der Waals surface area contributed by atoms with Gasteiger partial charge in [0.25, 0.3) is 0 Å². The Morgan fingerprint density at radius 3 is 2.57 bits per heavy atom. The van der Waals surface area contributed by atoms with Crippen LogP contribution in [0.5, 0.6) is 0 Å². The summed E-state index contributed by atoms with van der Waals surface area (Å²) >= 11 is 0. The quantitative estimate of drug-likeness (QED) is 0.305. The normalized spacial score (nSPS) is 16.7. The number of aromatic nitrogens is 3. The van der Waals surface area contributed by atoms with Gasteiger partial charge in [0.15, 0.2) is 5.82 Å². The molecule has 2 aromatic heterocycles. The predicted octanol–water partition coefficient (Wildman–Crippen LogP) is 6.65. The van der Waals surface area contributed by atoms with Crippen molar-refractivity contribution in [2.24, 2.45) is 5.92 Å². The highest BCUT2D eigenvalue weighted by atomic mass is 19.4. The van der Waals surface area contributed by atoms with Gasteiger partial charge in [-0.2, -0.15) is 18.3 Å². The average molecular weight is 483 g/mol. The van der Waals surface area contributed by atoms with Crippen LogP contribution in [0, 0.1) is 25.6 Å². The first kappa shape index (κ1) is 23.3. The molecule has 4 nitrogen and oxygen atoms in total. The minimum absolute atomic E-state index is 0.0847. The highest BCUT2D eigenvalue weighted by molar-refractivity contribution is 5.85. The maximum atomic E-state index is 14.9. The highest BCUT2D eigenvalue weighted by Gasteiger charge is 2.32. The molecule has 1 aliphatic rings. The lowest BCUT2D eigenvalue weighted by molar-refractivity contribution is -0.137. The van der Waals surface area contributed by atoms with Crippen molar-refractivity contribution >= 4 is 16.7 Å². The standard InChI is InChI=1S/C27H26F4N4/c1-17-11-21(27(29,30)31)13-23(26(17)28)35-24-15-32-25(14-22(24)18(2)33-35)34-10-6-9-20(16-34)12-19-7-4-3-5-8-19/h3-5,7-8,11,13-15,20H,6,9-10,12,16H2,1-2H3. The molecule has 1 saturated heterocycles. The molecular formula is C27H26F4N4. The molecule has 0 bridgehead atoms. The number of rotatable bonds is 4. The van der Waals surface area contributed by atoms with Crippen LogP contribution in [0.1, 0.15) is 35.2 Å². The summed E-state index contributed by atoms with van der Waals surface area (Å²) in [7, 11) is 0. The fourth-order valence-electron chi connectivity index (χ4n) is 4.97. The van der Waals surface area contributed by atoms with E-state index in [1.807, 2.05) is 12.1 Å². The third kappa shape index (κ3) is 4.61. The first-order chi connectivity index (χ1) is 16.7. The van der Waals surface area contributed by atoms with Crippen molar-refractivity contribution in [2.75, 3.05) is 18.0 Å². The lowest BCUT2D eigenvalue weighted by Crippen LogP contribution is -2.36. The van der Waals surface area contributed by atoms with Crippen LogP contribution in [0.3, 0.4) is 0 Å². The monoisotopic (exact) mass is 482 g/mol. The van der Waals surface area contributed by atoms with Crippen molar-refractivity contribution in [2.45, 2.75) is 39.3 Å². The van der Waals surface area contributed by atoms with Crippen molar-refractivity contribution in [3.05, 3.63) is 82.9 Å². The van der Waals surface area contributed by atoms with Gasteiger partial charge in [-0.3, -0.25) is 0 Å². The average Bonchev–Trinajstić information content (AvgIpc) is 3.16. The summed E-state index contributed by atoms with van der Waals surface area (Å²) in [5.41, 5.74) is 1.18. The molecule has 0 aliphatic carbocycles. The van der Waals surface area contributed by atoms with Crippen LogP contribution in [0.25, 0.3) is 16.6 Å². The second-order valence-electron chi connectivity index (χ2n) is 9.32. The van der Waals surface area contributed by atoms with E-state index in [0.717, 1.165) is 55.7 Å². The maximum absolute atomic E-state index is 14.9. The van der Waals surface area contributed by atoms with Crippen molar-refractivity contribution in [1.29, 1.82) is 0 Å². The Morgan fingerprint density at radius 1 is 1.06 bits per heavy atom. The Morgan fingerprint density at radius 2 is 1.83 bits per heavy atom. The third-order valence-corrected chi connectivity index (χ3v) is 6.74. The molecule has 0 spiro atoms. The number of aryl methyl sites for hydroxylation is 2. The van der Waals surface area contributed by atoms with Gasteiger partial charge in [-0.15, -0.1) is 0 Å². The number of piperidine rings is 1. The fraction of sp³-hybridized carbons (Fsp3) is 0.333. The fourth-order valence-corrected chi connectivity index (χ4v) is 4.97. The number of halogens is 4. The van der Waals surface area contributed by atoms with E-state index < -0.39 is 17.6 Å². The van der Waals surface area contributed by atoms with E-state index in [9.17, 15) is 17.6 Å². The van der Waals surface area contributed by atoms with Crippen molar-refractivity contribution in [3.8, 4) is 5.69 Å². The van der Waals surface area contributed by atoms with Gasteiger partial charge in [0.1, 0.15) is 11.5 Å². The highest BCUT2D eigenvalue weighted by Crippen LogP contribution is 2.34. The number of pyridine rings is 1. The third-order valence-electron chi connectivity index (χ3n) is 6.74. The van der Waals surface area contributed by atoms with Crippen molar-refractivity contribution < 1.29 is 17.6 Å². The molecule has 1 unspecified atom stereocenters. The van der Waals surface area contributed by atoms with Crippen LogP contribution in [0.15, 0.2) is 54.7 Å². The molecule has 0 N–H and O–H groups in total. The molecule has 4 aromatic rings. The molecule has 2 aromatic carbocycles. The molecule has 3 heterocycles. The van der Waals surface area contributed by atoms with Crippen molar-refractivity contribution in [3.63, 3.8) is 0 Å². The van der Waals surface area contributed by atoms with Crippen LogP contribution in [-0.2, 0) is 12.6 Å². The second-order valence-corrected chi connectivity index (χ2v) is 9.32. The summed E-state index contributed by atoms with van der Waals surface area (Å²) in [6.07, 6.45) is 0.218. The SMILES string of the molecule is Cc1cc(C(F)(F)F)cc(-n2nc(C)c3cc(N4CCCC(Cc5ccccc5)C4)ncc32)c1F. The molecular weight excluding hydrogens is 456 g/mol. The molecule has 35 heavy (non-hydrogen) atoms. The number of fused-ring (bicyclic) bond motifs is 1. The second kappa shape index (κ2) is 8.98. The topological polar surface area (TPSA) is 34.0 Å². The zero-order valence-electron chi connectivity index (χ0n) is 19.6. The first-order valence-electron chi connectivity index (χ1n) is 11.7. The van der Waals surface area contributed by atoms with Crippen LogP contribution < -0.4 is 4.90 Å². The maximum Gasteiger partial charge on any atom is 0.416 e.